The van der Waals surface area contributed by atoms with E-state index < -0.39 is 58.0 Å². The lowest BCUT2D eigenvalue weighted by molar-refractivity contribution is -0.153. The molecule has 1 amide bonds. The first-order valence-electron chi connectivity index (χ1n) is 13.4. The van der Waals surface area contributed by atoms with Gasteiger partial charge in [0.2, 0.25) is 5.78 Å². The summed E-state index contributed by atoms with van der Waals surface area (Å²) in [4.78, 5) is 40.8. The number of likely N-dealkylation sites (N-methyl/N-ethyl adjacent to an activating group) is 1. The van der Waals surface area contributed by atoms with Crippen LogP contribution in [-0.2, 0) is 27.2 Å². The summed E-state index contributed by atoms with van der Waals surface area (Å²) < 4.78 is 0. The highest BCUT2D eigenvalue weighted by atomic mass is 16.3. The number of aliphatic hydroxyl groups is 3. The number of amides is 1. The van der Waals surface area contributed by atoms with E-state index in [4.69, 9.17) is 5.73 Å². The van der Waals surface area contributed by atoms with Crippen LogP contribution in [0.15, 0.2) is 53.3 Å². The number of nitrogens with two attached hydrogens (primary N) is 1. The number of phenols is 1. The van der Waals surface area contributed by atoms with Crippen molar-refractivity contribution in [2.75, 3.05) is 14.1 Å². The molecule has 0 radical (unpaired) electrons. The third kappa shape index (κ3) is 3.95. The highest BCUT2D eigenvalue weighted by molar-refractivity contribution is 6.24. The van der Waals surface area contributed by atoms with E-state index in [-0.39, 0.29) is 29.7 Å². The number of ketones is 2. The number of rotatable bonds is 5. The molecule has 0 unspecified atom stereocenters. The first-order valence-corrected chi connectivity index (χ1v) is 13.4. The van der Waals surface area contributed by atoms with Gasteiger partial charge in [-0.15, -0.1) is 0 Å². The number of Topliss-reactive ketones (excluding diaryl/α,β-unsaturated/α-hetero) is 2. The van der Waals surface area contributed by atoms with Crippen LogP contribution in [0.25, 0.3) is 16.9 Å². The molecular weight excluding hydrogens is 512 g/mol. The van der Waals surface area contributed by atoms with E-state index >= 15 is 0 Å². The molecule has 6 N–H and O–H groups in total. The maximum absolute atomic E-state index is 14.0. The molecule has 0 aliphatic heterocycles. The van der Waals surface area contributed by atoms with Crippen LogP contribution < -0.4 is 5.73 Å². The number of primary amides is 1. The number of aromatic hydroxyl groups is 1. The second-order valence-electron chi connectivity index (χ2n) is 11.7. The van der Waals surface area contributed by atoms with Crippen LogP contribution in [0.2, 0.25) is 0 Å². The average Bonchev–Trinajstić information content (AvgIpc) is 2.86. The van der Waals surface area contributed by atoms with E-state index in [1.165, 1.54) is 16.5 Å². The number of nitrogens with zero attached hydrogens (tertiary/aromatic N) is 1. The fourth-order valence-electron chi connectivity index (χ4n) is 6.81. The molecule has 5 rings (SSSR count). The van der Waals surface area contributed by atoms with Gasteiger partial charge >= 0.3 is 0 Å². The first kappa shape index (κ1) is 27.6. The lowest BCUT2D eigenvalue weighted by atomic mass is 9.57. The molecule has 0 aromatic heterocycles. The van der Waals surface area contributed by atoms with E-state index in [2.05, 4.69) is 13.8 Å². The van der Waals surface area contributed by atoms with Crippen molar-refractivity contribution < 1.29 is 34.8 Å². The highest BCUT2D eigenvalue weighted by Crippen LogP contribution is 2.53. The SMILES string of the molecule is CC(C)Cc1ccc(-c2ccc(O)c3c2C[C@@H]2C[C@@H]4[C@@H](N(C)C)C(=O)C(C(N)=O)=C(O)[C@]4(O)C(=O)C2=C3O)cc1. The summed E-state index contributed by atoms with van der Waals surface area (Å²) in [6.07, 6.45) is 1.22. The van der Waals surface area contributed by atoms with Crippen molar-refractivity contribution in [3.05, 3.63) is 70.0 Å². The maximum atomic E-state index is 14.0. The smallest absolute Gasteiger partial charge is 0.255 e. The van der Waals surface area contributed by atoms with Gasteiger partial charge < -0.3 is 26.2 Å². The second-order valence-corrected chi connectivity index (χ2v) is 11.7. The number of carbonyl (C=O) groups is 3. The molecule has 3 aliphatic carbocycles. The van der Waals surface area contributed by atoms with E-state index in [0.717, 1.165) is 17.5 Å². The summed E-state index contributed by atoms with van der Waals surface area (Å²) in [5, 5.41) is 44.9. The molecule has 1 fully saturated rings. The standard InChI is InChI=1S/C31H34N2O7/c1-14(2)11-15-5-7-16(8-6-15)18-9-10-21(34)23-19(18)12-17-13-20-25(33(3)4)27(36)24(30(32)39)29(38)31(20,40)28(37)22(17)26(23)35/h5-10,14,17,20,25,34-35,38,40H,11-13H2,1-4H3,(H2,32,39)/t17-,20-,25-,31-/m1/s1. The quantitative estimate of drug-likeness (QED) is 0.358. The fraction of sp³-hybridized carbons (Fsp3) is 0.387. The normalized spacial score (nSPS) is 26.2. The van der Waals surface area contributed by atoms with Crippen LogP contribution in [0.5, 0.6) is 5.75 Å². The van der Waals surface area contributed by atoms with Crippen LogP contribution >= 0.6 is 0 Å². The number of fused-ring (bicyclic) bond motifs is 3. The van der Waals surface area contributed by atoms with Crippen molar-refractivity contribution in [1.82, 2.24) is 4.90 Å². The van der Waals surface area contributed by atoms with Gasteiger partial charge in [0.25, 0.3) is 5.91 Å². The Morgan fingerprint density at radius 3 is 2.30 bits per heavy atom. The number of carbonyl (C=O) groups excluding carboxylic acids is 3. The minimum Gasteiger partial charge on any atom is -0.508 e. The van der Waals surface area contributed by atoms with Crippen molar-refractivity contribution in [2.45, 2.75) is 44.8 Å². The van der Waals surface area contributed by atoms with Crippen molar-refractivity contribution in [3.8, 4) is 16.9 Å². The van der Waals surface area contributed by atoms with E-state index in [1.807, 2.05) is 24.3 Å². The van der Waals surface area contributed by atoms with E-state index in [0.29, 0.717) is 11.5 Å². The molecule has 0 spiro atoms. The van der Waals surface area contributed by atoms with Gasteiger partial charge in [-0.2, -0.15) is 0 Å². The summed E-state index contributed by atoms with van der Waals surface area (Å²) in [6, 6.07) is 10.2. The number of benzene rings is 2. The van der Waals surface area contributed by atoms with Crippen molar-refractivity contribution >= 4 is 23.2 Å². The maximum Gasteiger partial charge on any atom is 0.255 e. The number of phenolic OH excluding ortho intramolecular Hbond substituents is 1. The van der Waals surface area contributed by atoms with Gasteiger partial charge in [-0.3, -0.25) is 19.3 Å². The highest BCUT2D eigenvalue weighted by Gasteiger charge is 2.64. The lowest BCUT2D eigenvalue weighted by Gasteiger charge is -2.50. The Labute approximate surface area is 232 Å². The topological polar surface area (TPSA) is 161 Å². The average molecular weight is 547 g/mol. The number of hydrogen-bond donors (Lipinski definition) is 5. The number of hydrogen-bond acceptors (Lipinski definition) is 8. The second kappa shape index (κ2) is 9.60. The van der Waals surface area contributed by atoms with Crippen LogP contribution in [0.4, 0.5) is 0 Å². The van der Waals surface area contributed by atoms with Crippen molar-refractivity contribution in [1.29, 1.82) is 0 Å². The van der Waals surface area contributed by atoms with Gasteiger partial charge in [-0.05, 0) is 73.5 Å². The van der Waals surface area contributed by atoms with Gasteiger partial charge in [0, 0.05) is 11.5 Å². The summed E-state index contributed by atoms with van der Waals surface area (Å²) in [7, 11) is 3.15. The van der Waals surface area contributed by atoms with Gasteiger partial charge in [0.15, 0.2) is 11.4 Å². The molecule has 2 aromatic rings. The molecule has 9 heteroatoms. The Bertz CT molecular complexity index is 1500. The molecule has 4 atom stereocenters. The zero-order chi connectivity index (χ0) is 29.3. The van der Waals surface area contributed by atoms with Gasteiger partial charge in [-0.1, -0.05) is 44.2 Å². The van der Waals surface area contributed by atoms with Gasteiger partial charge in [0.1, 0.15) is 22.8 Å². The molecule has 210 valence electrons. The van der Waals surface area contributed by atoms with Crippen LogP contribution in [0.3, 0.4) is 0 Å². The Morgan fingerprint density at radius 2 is 1.73 bits per heavy atom. The molecule has 40 heavy (non-hydrogen) atoms. The minimum atomic E-state index is -2.65. The Hall–Kier alpha value is -3.95. The Balaban J connectivity index is 1.67. The van der Waals surface area contributed by atoms with Crippen molar-refractivity contribution in [2.24, 2.45) is 23.5 Å². The van der Waals surface area contributed by atoms with Crippen LogP contribution in [0.1, 0.15) is 37.0 Å². The van der Waals surface area contributed by atoms with Gasteiger partial charge in [0.05, 0.1) is 11.6 Å². The zero-order valence-corrected chi connectivity index (χ0v) is 22.9. The molecule has 1 saturated carbocycles. The predicted molar refractivity (Wildman–Crippen MR) is 148 cm³/mol. The Kier molecular flexibility index (Phi) is 6.63. The van der Waals surface area contributed by atoms with E-state index in [1.54, 1.807) is 20.2 Å². The molecule has 0 bridgehead atoms. The fourth-order valence-corrected chi connectivity index (χ4v) is 6.81. The van der Waals surface area contributed by atoms with Crippen LogP contribution in [-0.4, -0.2) is 68.5 Å². The van der Waals surface area contributed by atoms with Crippen LogP contribution in [0, 0.1) is 17.8 Å². The molecule has 3 aliphatic rings. The van der Waals surface area contributed by atoms with E-state index in [9.17, 15) is 34.8 Å². The third-order valence-electron chi connectivity index (χ3n) is 8.51. The molecule has 9 nitrogen and oxygen atoms in total. The largest absolute Gasteiger partial charge is 0.508 e. The predicted octanol–water partition coefficient (Wildman–Crippen LogP) is 2.83. The zero-order valence-electron chi connectivity index (χ0n) is 22.9. The molecule has 2 aromatic carbocycles. The summed E-state index contributed by atoms with van der Waals surface area (Å²) >= 11 is 0. The number of aliphatic hydroxyl groups excluding tert-OH is 2. The first-order chi connectivity index (χ1) is 18.8. The minimum absolute atomic E-state index is 0.0498. The summed E-state index contributed by atoms with van der Waals surface area (Å²) in [5.74, 6) is -6.10. The monoisotopic (exact) mass is 546 g/mol. The lowest BCUT2D eigenvalue weighted by Crippen LogP contribution is -2.65. The molecular formula is C31H34N2O7. The summed E-state index contributed by atoms with van der Waals surface area (Å²) in [5.41, 5.74) is 5.31. The Morgan fingerprint density at radius 1 is 1.07 bits per heavy atom. The van der Waals surface area contributed by atoms with Gasteiger partial charge in [-0.25, -0.2) is 0 Å². The molecule has 0 heterocycles. The summed E-state index contributed by atoms with van der Waals surface area (Å²) in [6.45, 7) is 4.29. The van der Waals surface area contributed by atoms with Crippen molar-refractivity contribution in [3.63, 3.8) is 0 Å². The third-order valence-corrected chi connectivity index (χ3v) is 8.51. The molecule has 0 saturated heterocycles.